The highest BCUT2D eigenvalue weighted by Crippen LogP contribution is 2.23. The van der Waals surface area contributed by atoms with Crippen LogP contribution in [0.25, 0.3) is 0 Å². The second kappa shape index (κ2) is 7.07. The number of anilines is 1. The van der Waals surface area contributed by atoms with E-state index >= 15 is 0 Å². The van der Waals surface area contributed by atoms with Crippen molar-refractivity contribution in [2.45, 2.75) is 52.1 Å². The SMILES string of the molecule is CCCC(CC)N1CCN(c2ccc(F)cc2)[C@H](C)C1. The molecule has 0 bridgehead atoms. The first-order chi connectivity index (χ1) is 9.65. The van der Waals surface area contributed by atoms with Crippen LogP contribution < -0.4 is 4.90 Å². The van der Waals surface area contributed by atoms with Crippen LogP contribution in [0, 0.1) is 5.82 Å². The van der Waals surface area contributed by atoms with Crippen LogP contribution >= 0.6 is 0 Å². The van der Waals surface area contributed by atoms with E-state index in [1.54, 1.807) is 12.1 Å². The minimum Gasteiger partial charge on any atom is -0.366 e. The Kier molecular flexibility index (Phi) is 5.41. The standard InChI is InChI=1S/C17H27FN2/c1-4-6-16(5-2)19-11-12-20(14(3)13-19)17-9-7-15(18)8-10-17/h7-10,14,16H,4-6,11-13H2,1-3H3/t14-,16?/m1/s1. The molecule has 1 aromatic carbocycles. The van der Waals surface area contributed by atoms with Gasteiger partial charge in [0.2, 0.25) is 0 Å². The molecule has 0 aliphatic carbocycles. The van der Waals surface area contributed by atoms with Gasteiger partial charge >= 0.3 is 0 Å². The maximum atomic E-state index is 13.0. The molecule has 0 N–H and O–H groups in total. The van der Waals surface area contributed by atoms with E-state index in [2.05, 4.69) is 30.6 Å². The van der Waals surface area contributed by atoms with Gasteiger partial charge in [0.1, 0.15) is 5.82 Å². The number of benzene rings is 1. The summed E-state index contributed by atoms with van der Waals surface area (Å²) in [7, 11) is 0. The van der Waals surface area contributed by atoms with Crippen molar-refractivity contribution < 1.29 is 4.39 Å². The van der Waals surface area contributed by atoms with Crippen LogP contribution in [-0.4, -0.2) is 36.6 Å². The van der Waals surface area contributed by atoms with Crippen molar-refractivity contribution >= 4 is 5.69 Å². The Bertz CT molecular complexity index is 404. The molecule has 2 nitrogen and oxygen atoms in total. The van der Waals surface area contributed by atoms with Gasteiger partial charge in [0, 0.05) is 37.4 Å². The van der Waals surface area contributed by atoms with Crippen molar-refractivity contribution in [2.75, 3.05) is 24.5 Å². The van der Waals surface area contributed by atoms with E-state index in [1.165, 1.54) is 19.3 Å². The first-order valence-corrected chi connectivity index (χ1v) is 7.92. The second-order valence-corrected chi connectivity index (χ2v) is 5.86. The molecule has 112 valence electrons. The fourth-order valence-electron chi connectivity index (χ4n) is 3.31. The molecular formula is C17H27FN2. The molecule has 0 radical (unpaired) electrons. The van der Waals surface area contributed by atoms with Gasteiger partial charge in [0.15, 0.2) is 0 Å². The average Bonchev–Trinajstić information content (AvgIpc) is 2.46. The Balaban J connectivity index is 2.00. The van der Waals surface area contributed by atoms with Crippen LogP contribution in [-0.2, 0) is 0 Å². The molecule has 1 saturated heterocycles. The molecule has 0 spiro atoms. The van der Waals surface area contributed by atoms with Gasteiger partial charge in [-0.1, -0.05) is 20.3 Å². The van der Waals surface area contributed by atoms with Crippen molar-refractivity contribution in [1.82, 2.24) is 4.90 Å². The lowest BCUT2D eigenvalue weighted by atomic mass is 10.0. The summed E-state index contributed by atoms with van der Waals surface area (Å²) in [6.07, 6.45) is 3.78. The summed E-state index contributed by atoms with van der Waals surface area (Å²) in [6, 6.07) is 8.11. The van der Waals surface area contributed by atoms with Crippen LogP contribution in [0.3, 0.4) is 0 Å². The molecule has 1 aliphatic heterocycles. The largest absolute Gasteiger partial charge is 0.366 e. The first-order valence-electron chi connectivity index (χ1n) is 7.92. The van der Waals surface area contributed by atoms with E-state index in [-0.39, 0.29) is 5.82 Å². The number of nitrogens with zero attached hydrogens (tertiary/aromatic N) is 2. The summed E-state index contributed by atoms with van der Waals surface area (Å²) in [5.74, 6) is -0.158. The Morgan fingerprint density at radius 2 is 1.90 bits per heavy atom. The molecule has 1 heterocycles. The zero-order valence-electron chi connectivity index (χ0n) is 13.0. The van der Waals surface area contributed by atoms with E-state index in [1.807, 2.05) is 12.1 Å². The van der Waals surface area contributed by atoms with Crippen LogP contribution in [0.1, 0.15) is 40.0 Å². The van der Waals surface area contributed by atoms with Gasteiger partial charge in [-0.05, 0) is 44.0 Å². The van der Waals surface area contributed by atoms with Gasteiger partial charge in [-0.25, -0.2) is 4.39 Å². The predicted molar refractivity (Wildman–Crippen MR) is 83.8 cm³/mol. The summed E-state index contributed by atoms with van der Waals surface area (Å²) < 4.78 is 13.0. The first kappa shape index (κ1) is 15.3. The minimum atomic E-state index is -0.158. The van der Waals surface area contributed by atoms with E-state index in [4.69, 9.17) is 0 Å². The zero-order chi connectivity index (χ0) is 14.5. The highest BCUT2D eigenvalue weighted by molar-refractivity contribution is 5.47. The van der Waals surface area contributed by atoms with Gasteiger partial charge in [0.05, 0.1) is 0 Å². The maximum absolute atomic E-state index is 13.0. The number of piperazine rings is 1. The number of hydrogen-bond acceptors (Lipinski definition) is 2. The van der Waals surface area contributed by atoms with Crippen LogP contribution in [0.4, 0.5) is 10.1 Å². The smallest absolute Gasteiger partial charge is 0.123 e. The summed E-state index contributed by atoms with van der Waals surface area (Å²) in [6.45, 7) is 10.1. The summed E-state index contributed by atoms with van der Waals surface area (Å²) in [5, 5.41) is 0. The molecule has 1 aliphatic rings. The number of hydrogen-bond donors (Lipinski definition) is 0. The fraction of sp³-hybridized carbons (Fsp3) is 0.647. The molecule has 0 saturated carbocycles. The molecule has 0 amide bonds. The predicted octanol–water partition coefficient (Wildman–Crippen LogP) is 3.91. The quantitative estimate of drug-likeness (QED) is 0.805. The van der Waals surface area contributed by atoms with Crippen molar-refractivity contribution in [3.8, 4) is 0 Å². The van der Waals surface area contributed by atoms with Crippen LogP contribution in [0.15, 0.2) is 24.3 Å². The monoisotopic (exact) mass is 278 g/mol. The van der Waals surface area contributed by atoms with Crippen LogP contribution in [0.2, 0.25) is 0 Å². The lowest BCUT2D eigenvalue weighted by Crippen LogP contribution is -2.54. The second-order valence-electron chi connectivity index (χ2n) is 5.86. The zero-order valence-corrected chi connectivity index (χ0v) is 13.0. The van der Waals surface area contributed by atoms with E-state index in [0.717, 1.165) is 31.4 Å². The summed E-state index contributed by atoms with van der Waals surface area (Å²) in [4.78, 5) is 5.03. The average molecular weight is 278 g/mol. The van der Waals surface area contributed by atoms with Gasteiger partial charge in [-0.3, -0.25) is 4.90 Å². The highest BCUT2D eigenvalue weighted by atomic mass is 19.1. The molecule has 1 fully saturated rings. The van der Waals surface area contributed by atoms with Crippen molar-refractivity contribution in [3.05, 3.63) is 30.1 Å². The maximum Gasteiger partial charge on any atom is 0.123 e. The topological polar surface area (TPSA) is 6.48 Å². The number of rotatable bonds is 5. The van der Waals surface area contributed by atoms with E-state index < -0.39 is 0 Å². The summed E-state index contributed by atoms with van der Waals surface area (Å²) >= 11 is 0. The van der Waals surface area contributed by atoms with Crippen LogP contribution in [0.5, 0.6) is 0 Å². The van der Waals surface area contributed by atoms with Gasteiger partial charge in [-0.2, -0.15) is 0 Å². The Morgan fingerprint density at radius 1 is 1.20 bits per heavy atom. The Hall–Kier alpha value is -1.09. The third-order valence-corrected chi connectivity index (χ3v) is 4.43. The number of halogens is 1. The molecule has 1 unspecified atom stereocenters. The van der Waals surface area contributed by atoms with Crippen molar-refractivity contribution in [3.63, 3.8) is 0 Å². The summed E-state index contributed by atoms with van der Waals surface area (Å²) in [5.41, 5.74) is 1.14. The lowest BCUT2D eigenvalue weighted by Gasteiger charge is -2.44. The Morgan fingerprint density at radius 3 is 2.45 bits per heavy atom. The van der Waals surface area contributed by atoms with Gasteiger partial charge in [0.25, 0.3) is 0 Å². The fourth-order valence-corrected chi connectivity index (χ4v) is 3.31. The van der Waals surface area contributed by atoms with E-state index in [0.29, 0.717) is 6.04 Å². The lowest BCUT2D eigenvalue weighted by molar-refractivity contribution is 0.151. The van der Waals surface area contributed by atoms with Gasteiger partial charge in [-0.15, -0.1) is 0 Å². The normalized spacial score (nSPS) is 22.0. The molecule has 0 aromatic heterocycles. The van der Waals surface area contributed by atoms with Crippen molar-refractivity contribution in [2.24, 2.45) is 0 Å². The highest BCUT2D eigenvalue weighted by Gasteiger charge is 2.27. The molecule has 2 rings (SSSR count). The molecule has 3 heteroatoms. The molecule has 2 atom stereocenters. The minimum absolute atomic E-state index is 0.158. The van der Waals surface area contributed by atoms with E-state index in [9.17, 15) is 4.39 Å². The third kappa shape index (κ3) is 3.51. The third-order valence-electron chi connectivity index (χ3n) is 4.43. The van der Waals surface area contributed by atoms with Gasteiger partial charge < -0.3 is 4.90 Å². The Labute approximate surface area is 122 Å². The van der Waals surface area contributed by atoms with Crippen molar-refractivity contribution in [1.29, 1.82) is 0 Å². The molecular weight excluding hydrogens is 251 g/mol. The molecule has 20 heavy (non-hydrogen) atoms. The molecule has 1 aromatic rings.